The van der Waals surface area contributed by atoms with E-state index >= 15 is 0 Å². The van der Waals surface area contributed by atoms with Gasteiger partial charge in [-0.05, 0) is 87.3 Å². The summed E-state index contributed by atoms with van der Waals surface area (Å²) in [5.41, 5.74) is 8.23. The van der Waals surface area contributed by atoms with E-state index in [4.69, 9.17) is 19.8 Å². The Labute approximate surface area is 315 Å². The van der Waals surface area contributed by atoms with E-state index in [9.17, 15) is 36.0 Å². The molecule has 2 unspecified atom stereocenters. The number of ether oxygens (including phenoxy) is 2. The van der Waals surface area contributed by atoms with Crippen molar-refractivity contribution in [2.45, 2.75) is 82.2 Å². The summed E-state index contributed by atoms with van der Waals surface area (Å²) in [5, 5.41) is 10.9. The highest BCUT2D eigenvalue weighted by molar-refractivity contribution is 7.89. The number of esters is 1. The third kappa shape index (κ3) is 14.8. The molecule has 0 bridgehead atoms. The molecule has 20 heteroatoms. The molecule has 1 aliphatic heterocycles. The fourth-order valence-corrected chi connectivity index (χ4v) is 7.96. The minimum absolute atomic E-state index is 0.00863. The number of methoxy groups -OCH3 is 1. The van der Waals surface area contributed by atoms with Gasteiger partial charge in [-0.2, -0.15) is 13.1 Å². The van der Waals surface area contributed by atoms with Crippen molar-refractivity contribution in [2.75, 3.05) is 51.0 Å². The number of aryl methyl sites for hydroxylation is 4. The zero-order valence-corrected chi connectivity index (χ0v) is 32.4. The van der Waals surface area contributed by atoms with Crippen LogP contribution in [0.4, 0.5) is 5.82 Å². The first-order chi connectivity index (χ1) is 25.5. The van der Waals surface area contributed by atoms with Gasteiger partial charge >= 0.3 is 5.97 Å². The summed E-state index contributed by atoms with van der Waals surface area (Å²) in [5.74, 6) is -1.96. The molecule has 2 atom stereocenters. The Morgan fingerprint density at radius 3 is 2.31 bits per heavy atom. The number of nitrogens with zero attached hydrogens (tertiary/aromatic N) is 1. The van der Waals surface area contributed by atoms with Crippen LogP contribution in [0.15, 0.2) is 29.2 Å². The molecule has 3 rings (SSSR count). The van der Waals surface area contributed by atoms with E-state index in [2.05, 4.69) is 37.0 Å². The number of hydrogen-bond acceptors (Lipinski definition) is 13. The molecule has 18 nitrogen and oxygen atoms in total. The van der Waals surface area contributed by atoms with Crippen LogP contribution in [0.1, 0.15) is 60.9 Å². The van der Waals surface area contributed by atoms with Crippen LogP contribution in [0.5, 0.6) is 5.75 Å². The smallest absolute Gasteiger partial charge is 0.325 e. The monoisotopic (exact) mass is 797 g/mol. The first kappa shape index (κ1) is 44.0. The number of aromatic nitrogens is 1. The van der Waals surface area contributed by atoms with E-state index in [-0.39, 0.29) is 55.8 Å². The predicted octanol–water partition coefficient (Wildman–Crippen LogP) is 0.0121. The number of fused-ring (bicyclic) bond motifs is 1. The van der Waals surface area contributed by atoms with E-state index in [0.29, 0.717) is 36.1 Å². The second-order valence-electron chi connectivity index (χ2n) is 12.9. The fraction of sp³-hybridized carbons (Fsp3) is 0.559. The number of pyridine rings is 1. The molecular weight excluding hydrogens is 747 g/mol. The molecule has 1 aliphatic rings. The Bertz CT molecular complexity index is 1830. The van der Waals surface area contributed by atoms with Crippen molar-refractivity contribution in [1.29, 1.82) is 0 Å². The van der Waals surface area contributed by atoms with E-state index < -0.39 is 49.9 Å². The van der Waals surface area contributed by atoms with Crippen molar-refractivity contribution in [3.63, 3.8) is 0 Å². The fourth-order valence-electron chi connectivity index (χ4n) is 5.72. The maximum atomic E-state index is 13.5. The average Bonchev–Trinajstić information content (AvgIpc) is 3.10. The van der Waals surface area contributed by atoms with Crippen LogP contribution < -0.4 is 36.5 Å². The Morgan fingerprint density at radius 1 is 0.963 bits per heavy atom. The standard InChI is InChI=1S/C34H51N7O11S2/c1-22-18-26(52-17-7-11-29(42)36-15-16-38-33(44)27(35)21-53(46,47)48)19-23(2)31(22)54(49,50)41-28(34(45)51-3)20-39-30(43)10-5-4-9-25-13-12-24-8-6-14-37-32(24)40-25/h12-13,18-19,27-28,41H,4-11,14-17,20-21,35H2,1-3H3,(H,36,42)(H,37,40)(H,38,44)(H,39,43)(H,46,47,48). The first-order valence-electron chi connectivity index (χ1n) is 17.6. The zero-order valence-electron chi connectivity index (χ0n) is 30.7. The lowest BCUT2D eigenvalue weighted by Gasteiger charge is -2.20. The minimum atomic E-state index is -4.41. The number of sulfonamides is 1. The van der Waals surface area contributed by atoms with Crippen LogP contribution in [-0.4, -0.2) is 108 Å². The molecule has 54 heavy (non-hydrogen) atoms. The molecule has 0 saturated heterocycles. The lowest BCUT2D eigenvalue weighted by molar-refractivity contribution is -0.142. The molecule has 2 aromatic rings. The van der Waals surface area contributed by atoms with Crippen LogP contribution in [0.2, 0.25) is 0 Å². The summed E-state index contributed by atoms with van der Waals surface area (Å²) >= 11 is 0. The van der Waals surface area contributed by atoms with Crippen molar-refractivity contribution in [2.24, 2.45) is 5.73 Å². The number of anilines is 1. The first-order valence-corrected chi connectivity index (χ1v) is 20.7. The molecule has 0 saturated carbocycles. The van der Waals surface area contributed by atoms with Crippen LogP contribution >= 0.6 is 0 Å². The highest BCUT2D eigenvalue weighted by Gasteiger charge is 2.29. The predicted molar refractivity (Wildman–Crippen MR) is 199 cm³/mol. The average molecular weight is 798 g/mol. The van der Waals surface area contributed by atoms with Crippen LogP contribution in [-0.2, 0) is 56.9 Å². The quantitative estimate of drug-likeness (QED) is 0.0470. The molecule has 8 N–H and O–H groups in total. The largest absolute Gasteiger partial charge is 0.494 e. The van der Waals surface area contributed by atoms with Gasteiger partial charge in [0, 0.05) is 44.7 Å². The van der Waals surface area contributed by atoms with Crippen LogP contribution in [0.25, 0.3) is 0 Å². The summed E-state index contributed by atoms with van der Waals surface area (Å²) in [7, 11) is -7.54. The van der Waals surface area contributed by atoms with Gasteiger partial charge in [-0.3, -0.25) is 23.7 Å². The Balaban J connectivity index is 1.42. The molecule has 1 aromatic carbocycles. The summed E-state index contributed by atoms with van der Waals surface area (Å²) in [4.78, 5) is 53.6. The SMILES string of the molecule is COC(=O)C(CNC(=O)CCCCc1ccc2c(n1)NCCC2)NS(=O)(=O)c1c(C)cc(OCCCC(=O)NCCNC(=O)C(N)CS(=O)(=O)O)cc1C. The van der Waals surface area contributed by atoms with Gasteiger partial charge in [-0.25, -0.2) is 13.4 Å². The van der Waals surface area contributed by atoms with Gasteiger partial charge in [-0.1, -0.05) is 6.07 Å². The number of unbranched alkanes of at least 4 members (excludes halogenated alkanes) is 1. The normalized spacial score (nSPS) is 13.8. The number of rotatable bonds is 22. The second kappa shape index (κ2) is 20.9. The molecular formula is C34H51N7O11S2. The van der Waals surface area contributed by atoms with Gasteiger partial charge in [0.15, 0.2) is 0 Å². The molecule has 0 fully saturated rings. The number of carbonyl (C=O) groups is 4. The van der Waals surface area contributed by atoms with Crippen LogP contribution in [0, 0.1) is 13.8 Å². The zero-order chi connectivity index (χ0) is 39.9. The maximum Gasteiger partial charge on any atom is 0.325 e. The molecule has 1 aromatic heterocycles. The van der Waals surface area contributed by atoms with E-state index in [1.165, 1.54) is 17.7 Å². The van der Waals surface area contributed by atoms with Crippen molar-refractivity contribution in [3.05, 3.63) is 46.6 Å². The lowest BCUT2D eigenvalue weighted by Crippen LogP contribution is -2.49. The van der Waals surface area contributed by atoms with Crippen LogP contribution in [0.3, 0.4) is 0 Å². The third-order valence-corrected chi connectivity index (χ3v) is 10.9. The summed E-state index contributed by atoms with van der Waals surface area (Å²) in [6, 6.07) is 4.30. The summed E-state index contributed by atoms with van der Waals surface area (Å²) < 4.78 is 70.3. The van der Waals surface area contributed by atoms with Gasteiger partial charge in [0.25, 0.3) is 10.1 Å². The second-order valence-corrected chi connectivity index (χ2v) is 16.0. The van der Waals surface area contributed by atoms with Gasteiger partial charge in [0.05, 0.1) is 24.4 Å². The maximum absolute atomic E-state index is 13.5. The Kier molecular flexibility index (Phi) is 17.1. The van der Waals surface area contributed by atoms with Gasteiger partial charge in [0.2, 0.25) is 27.7 Å². The summed E-state index contributed by atoms with van der Waals surface area (Å²) in [6.45, 7) is 3.91. The number of carbonyl (C=O) groups excluding carboxylic acids is 4. The number of nitrogens with one attached hydrogen (secondary N) is 5. The van der Waals surface area contributed by atoms with E-state index in [0.717, 1.165) is 44.4 Å². The highest BCUT2D eigenvalue weighted by atomic mass is 32.2. The highest BCUT2D eigenvalue weighted by Crippen LogP contribution is 2.26. The van der Waals surface area contributed by atoms with Crippen molar-refractivity contribution >= 4 is 49.7 Å². The third-order valence-electron chi connectivity index (χ3n) is 8.32. The van der Waals surface area contributed by atoms with E-state index in [1.54, 1.807) is 13.8 Å². The van der Waals surface area contributed by atoms with E-state index in [1.807, 2.05) is 6.07 Å². The van der Waals surface area contributed by atoms with Crippen molar-refractivity contribution < 1.29 is 50.0 Å². The topological polar surface area (TPSA) is 274 Å². The van der Waals surface area contributed by atoms with Gasteiger partial charge in [-0.15, -0.1) is 0 Å². The molecule has 0 radical (unpaired) electrons. The van der Waals surface area contributed by atoms with Crippen molar-refractivity contribution in [3.8, 4) is 5.75 Å². The molecule has 2 heterocycles. The lowest BCUT2D eigenvalue weighted by atomic mass is 10.1. The molecule has 0 aliphatic carbocycles. The van der Waals surface area contributed by atoms with Crippen molar-refractivity contribution in [1.82, 2.24) is 25.7 Å². The number of nitrogens with two attached hydrogens (primary N) is 1. The molecule has 0 spiro atoms. The Hall–Kier alpha value is -4.37. The number of hydrogen-bond donors (Lipinski definition) is 7. The Morgan fingerprint density at radius 2 is 1.63 bits per heavy atom. The van der Waals surface area contributed by atoms with Gasteiger partial charge < -0.3 is 36.5 Å². The van der Waals surface area contributed by atoms with Gasteiger partial charge in [0.1, 0.15) is 23.7 Å². The molecule has 3 amide bonds. The summed E-state index contributed by atoms with van der Waals surface area (Å²) in [6.07, 6.45) is 4.69. The number of amides is 3. The molecule has 300 valence electrons. The number of benzene rings is 1. The minimum Gasteiger partial charge on any atom is -0.494 e.